The number of aromatic nitrogens is 2. The third kappa shape index (κ3) is 6.22. The van der Waals surface area contributed by atoms with E-state index in [1.54, 1.807) is 22.7 Å². The van der Waals surface area contributed by atoms with Gasteiger partial charge in [0.15, 0.2) is 0 Å². The number of amides is 4. The Bertz CT molecular complexity index is 1490. The van der Waals surface area contributed by atoms with Gasteiger partial charge >= 0.3 is 12.1 Å². The number of hydrogen-bond donors (Lipinski definition) is 0. The van der Waals surface area contributed by atoms with Crippen LogP contribution < -0.4 is 9.64 Å². The molecule has 2 aliphatic heterocycles. The van der Waals surface area contributed by atoms with E-state index in [-0.39, 0.29) is 37.0 Å². The van der Waals surface area contributed by atoms with E-state index in [1.807, 2.05) is 57.0 Å². The van der Waals surface area contributed by atoms with E-state index >= 15 is 0 Å². The Hall–Kier alpha value is -4.08. The number of rotatable bonds is 6. The third-order valence-electron chi connectivity index (χ3n) is 8.08. The van der Waals surface area contributed by atoms with E-state index in [4.69, 9.17) is 9.47 Å². The smallest absolute Gasteiger partial charge is 0.410 e. The van der Waals surface area contributed by atoms with Crippen molar-refractivity contribution < 1.29 is 23.9 Å². The average molecular weight is 576 g/mol. The van der Waals surface area contributed by atoms with Crippen molar-refractivity contribution in [2.75, 3.05) is 25.1 Å². The van der Waals surface area contributed by atoms with Crippen LogP contribution in [-0.4, -0.2) is 69.3 Å². The van der Waals surface area contributed by atoms with Crippen LogP contribution in [0.5, 0.6) is 5.75 Å². The fourth-order valence-corrected chi connectivity index (χ4v) is 5.95. The molecule has 2 atom stereocenters. The number of fused-ring (bicyclic) bond motifs is 1. The van der Waals surface area contributed by atoms with Crippen molar-refractivity contribution in [1.82, 2.24) is 19.4 Å². The van der Waals surface area contributed by atoms with Gasteiger partial charge in [-0.05, 0) is 89.1 Å². The molecule has 0 spiro atoms. The summed E-state index contributed by atoms with van der Waals surface area (Å²) in [6.45, 7) is 10.8. The van der Waals surface area contributed by atoms with E-state index in [9.17, 15) is 14.4 Å². The van der Waals surface area contributed by atoms with Crippen LogP contribution in [0.1, 0.15) is 63.6 Å². The first kappa shape index (κ1) is 29.4. The summed E-state index contributed by atoms with van der Waals surface area (Å²) in [4.78, 5) is 44.0. The molecule has 4 amide bonds. The van der Waals surface area contributed by atoms with Gasteiger partial charge in [0.25, 0.3) is 0 Å². The minimum absolute atomic E-state index is 0.0921. The first-order chi connectivity index (χ1) is 19.9. The van der Waals surface area contributed by atoms with Crippen LogP contribution in [0, 0.1) is 12.8 Å². The highest BCUT2D eigenvalue weighted by atomic mass is 16.6. The van der Waals surface area contributed by atoms with Crippen LogP contribution in [0.25, 0.3) is 5.52 Å². The molecule has 0 radical (unpaired) electrons. The van der Waals surface area contributed by atoms with Crippen LogP contribution in [0.4, 0.5) is 15.3 Å². The lowest BCUT2D eigenvalue weighted by Gasteiger charge is -2.38. The van der Waals surface area contributed by atoms with Gasteiger partial charge in [-0.3, -0.25) is 14.6 Å². The highest BCUT2D eigenvalue weighted by Gasteiger charge is 2.35. The van der Waals surface area contributed by atoms with Gasteiger partial charge in [0.2, 0.25) is 5.91 Å². The summed E-state index contributed by atoms with van der Waals surface area (Å²) in [5.74, 6) is 0.865. The minimum atomic E-state index is -0.514. The molecule has 0 bridgehead atoms. The van der Waals surface area contributed by atoms with E-state index < -0.39 is 5.60 Å². The second-order valence-corrected chi connectivity index (χ2v) is 12.5. The van der Waals surface area contributed by atoms with Gasteiger partial charge in [-0.25, -0.2) is 14.1 Å². The third-order valence-corrected chi connectivity index (χ3v) is 8.08. The Morgan fingerprint density at radius 1 is 1.12 bits per heavy atom. The first-order valence-electron chi connectivity index (χ1n) is 14.6. The maximum atomic E-state index is 13.7. The molecule has 0 unspecified atom stereocenters. The molecular formula is C32H41N5O5. The zero-order chi connectivity index (χ0) is 30.2. The lowest BCUT2D eigenvalue weighted by atomic mass is 9.87. The van der Waals surface area contributed by atoms with E-state index in [0.717, 1.165) is 41.5 Å². The number of anilines is 1. The van der Waals surface area contributed by atoms with Crippen LogP contribution in [-0.2, 0) is 22.5 Å². The van der Waals surface area contributed by atoms with Crippen molar-refractivity contribution in [2.24, 2.45) is 5.92 Å². The Labute approximate surface area is 247 Å². The largest absolute Gasteiger partial charge is 0.496 e. The van der Waals surface area contributed by atoms with Crippen molar-refractivity contribution in [1.29, 1.82) is 0 Å². The number of urea groups is 1. The van der Waals surface area contributed by atoms with Gasteiger partial charge < -0.3 is 14.4 Å². The minimum Gasteiger partial charge on any atom is -0.496 e. The van der Waals surface area contributed by atoms with Crippen molar-refractivity contribution in [3.05, 3.63) is 59.4 Å². The number of imide groups is 1. The maximum Gasteiger partial charge on any atom is 0.410 e. The second-order valence-electron chi connectivity index (χ2n) is 12.5. The molecular weight excluding hydrogens is 534 g/mol. The lowest BCUT2D eigenvalue weighted by molar-refractivity contribution is -0.129. The Morgan fingerprint density at radius 3 is 2.62 bits per heavy atom. The molecule has 2 fully saturated rings. The summed E-state index contributed by atoms with van der Waals surface area (Å²) >= 11 is 0. The Kier molecular flexibility index (Phi) is 8.17. The molecule has 0 saturated carbocycles. The average Bonchev–Trinajstić information content (AvgIpc) is 3.33. The number of likely N-dealkylation sites (tertiary alicyclic amines) is 1. The van der Waals surface area contributed by atoms with Gasteiger partial charge in [0.1, 0.15) is 11.4 Å². The van der Waals surface area contributed by atoms with Crippen molar-refractivity contribution in [3.63, 3.8) is 0 Å². The predicted molar refractivity (Wildman–Crippen MR) is 160 cm³/mol. The summed E-state index contributed by atoms with van der Waals surface area (Å²) in [5.41, 5.74) is 3.96. The Balaban J connectivity index is 1.31. The molecule has 10 heteroatoms. The predicted octanol–water partition coefficient (Wildman–Crippen LogP) is 5.59. The van der Waals surface area contributed by atoms with Gasteiger partial charge in [-0.1, -0.05) is 12.1 Å². The fraction of sp³-hybridized carbons (Fsp3) is 0.500. The molecule has 0 aliphatic carbocycles. The van der Waals surface area contributed by atoms with Crippen LogP contribution in [0.15, 0.2) is 42.7 Å². The van der Waals surface area contributed by atoms with E-state index in [1.165, 1.54) is 4.90 Å². The highest BCUT2D eigenvalue weighted by Crippen LogP contribution is 2.31. The molecule has 3 aromatic rings. The number of carbonyl (C=O) groups is 3. The second kappa shape index (κ2) is 11.7. The number of carbonyl (C=O) groups excluding carboxylic acids is 3. The van der Waals surface area contributed by atoms with E-state index in [2.05, 4.69) is 24.2 Å². The molecule has 0 N–H and O–H groups in total. The molecule has 224 valence electrons. The van der Waals surface area contributed by atoms with Gasteiger partial charge in [-0.2, -0.15) is 5.10 Å². The molecule has 2 aliphatic rings. The SMILES string of the molecule is COc1cc(C)ccc1CN1C(=O)CCN(c2cnn3ccc(C[C@@H]4CCN(C(=O)OC(C)(C)C)[C@@H](C)C4)cc23)C1=O. The van der Waals surface area contributed by atoms with Gasteiger partial charge in [-0.15, -0.1) is 0 Å². The fourth-order valence-electron chi connectivity index (χ4n) is 5.95. The summed E-state index contributed by atoms with van der Waals surface area (Å²) in [6.07, 6.45) is 6.23. The zero-order valence-corrected chi connectivity index (χ0v) is 25.4. The summed E-state index contributed by atoms with van der Waals surface area (Å²) in [6, 6.07) is 9.63. The van der Waals surface area contributed by atoms with Crippen molar-refractivity contribution in [3.8, 4) is 5.75 Å². The molecule has 2 saturated heterocycles. The Morgan fingerprint density at radius 2 is 1.90 bits per heavy atom. The number of methoxy groups -OCH3 is 1. The van der Waals surface area contributed by atoms with Gasteiger partial charge in [0, 0.05) is 37.3 Å². The number of hydrogen-bond acceptors (Lipinski definition) is 6. The number of pyridine rings is 1. The number of benzene rings is 1. The first-order valence-corrected chi connectivity index (χ1v) is 14.6. The molecule has 10 nitrogen and oxygen atoms in total. The zero-order valence-electron chi connectivity index (χ0n) is 25.4. The topological polar surface area (TPSA) is 96.7 Å². The molecule has 5 rings (SSSR count). The van der Waals surface area contributed by atoms with Crippen LogP contribution in [0.3, 0.4) is 0 Å². The monoisotopic (exact) mass is 575 g/mol. The lowest BCUT2D eigenvalue weighted by Crippen LogP contribution is -2.52. The molecule has 2 aromatic heterocycles. The quantitative estimate of drug-likeness (QED) is 0.380. The van der Waals surface area contributed by atoms with Crippen LogP contribution in [0.2, 0.25) is 0 Å². The van der Waals surface area contributed by atoms with Crippen molar-refractivity contribution >= 4 is 29.2 Å². The standard InChI is InChI=1S/C32H41N5O5/c1-21-7-8-25(28(15-21)41-6)20-36-29(38)11-13-35(30(36)39)27-19-33-37-14-10-24(18-26(27)37)17-23-9-12-34(22(2)16-23)31(40)42-32(3,4)5/h7-8,10,14-15,18-19,22-23H,9,11-13,16-17,20H2,1-6H3/t22-,23+/m0/s1. The number of ether oxygens (including phenoxy) is 2. The van der Waals surface area contributed by atoms with Gasteiger partial charge in [0.05, 0.1) is 31.1 Å². The summed E-state index contributed by atoms with van der Waals surface area (Å²) in [5, 5.41) is 4.49. The summed E-state index contributed by atoms with van der Waals surface area (Å²) in [7, 11) is 1.59. The number of nitrogens with zero attached hydrogens (tertiary/aromatic N) is 5. The molecule has 4 heterocycles. The van der Waals surface area contributed by atoms with E-state index in [0.29, 0.717) is 30.4 Å². The molecule has 1 aromatic carbocycles. The van der Waals surface area contributed by atoms with Crippen LogP contribution >= 0.6 is 0 Å². The summed E-state index contributed by atoms with van der Waals surface area (Å²) < 4.78 is 12.9. The maximum absolute atomic E-state index is 13.7. The number of aryl methyl sites for hydroxylation is 1. The number of piperidine rings is 1. The normalized spacial score (nSPS) is 19.9. The molecule has 42 heavy (non-hydrogen) atoms. The van der Waals surface area contributed by atoms with Crippen molar-refractivity contribution in [2.45, 2.75) is 78.5 Å². The highest BCUT2D eigenvalue weighted by molar-refractivity contribution is 6.07.